The van der Waals surface area contributed by atoms with E-state index in [0.29, 0.717) is 25.4 Å². The SMILES string of the molecule is O=C(NCCC1CCCNC1)C1CC(=O)N(c2cccc3ccccc23)C1. The molecule has 2 N–H and O–H groups in total. The molecule has 0 spiro atoms. The highest BCUT2D eigenvalue weighted by molar-refractivity contribution is 6.06. The van der Waals surface area contributed by atoms with Crippen LogP contribution >= 0.6 is 0 Å². The molecule has 2 saturated heterocycles. The van der Waals surface area contributed by atoms with Crippen LogP contribution in [0.15, 0.2) is 42.5 Å². The van der Waals surface area contributed by atoms with Gasteiger partial charge in [0.15, 0.2) is 0 Å². The molecule has 5 heteroatoms. The lowest BCUT2D eigenvalue weighted by molar-refractivity contribution is -0.126. The minimum Gasteiger partial charge on any atom is -0.356 e. The van der Waals surface area contributed by atoms with Crippen molar-refractivity contribution in [3.8, 4) is 0 Å². The summed E-state index contributed by atoms with van der Waals surface area (Å²) in [4.78, 5) is 26.9. The fourth-order valence-electron chi connectivity index (χ4n) is 4.27. The van der Waals surface area contributed by atoms with E-state index in [-0.39, 0.29) is 17.7 Å². The molecule has 2 aromatic rings. The van der Waals surface area contributed by atoms with Crippen molar-refractivity contribution in [3.05, 3.63) is 42.5 Å². The lowest BCUT2D eigenvalue weighted by atomic mass is 9.96. The molecule has 2 heterocycles. The Bertz CT molecular complexity index is 824. The predicted octanol–water partition coefficient (Wildman–Crippen LogP) is 2.70. The molecule has 2 aliphatic rings. The topological polar surface area (TPSA) is 61.4 Å². The average Bonchev–Trinajstić information content (AvgIpc) is 3.10. The third kappa shape index (κ3) is 3.98. The fourth-order valence-corrected chi connectivity index (χ4v) is 4.27. The number of amides is 2. The van der Waals surface area contributed by atoms with Crippen LogP contribution in [0.25, 0.3) is 10.8 Å². The third-order valence-corrected chi connectivity index (χ3v) is 5.80. The Morgan fingerprint density at radius 2 is 2.04 bits per heavy atom. The van der Waals surface area contributed by atoms with E-state index in [0.717, 1.165) is 36.0 Å². The smallest absolute Gasteiger partial charge is 0.227 e. The standard InChI is InChI=1S/C22H27N3O2/c26-21-13-18(22(27)24-12-10-16-5-4-11-23-14-16)15-25(21)20-9-3-7-17-6-1-2-8-19(17)20/h1-3,6-9,16,18,23H,4-5,10-15H2,(H,24,27). The Morgan fingerprint density at radius 3 is 2.89 bits per heavy atom. The predicted molar refractivity (Wildman–Crippen MR) is 108 cm³/mol. The number of nitrogens with zero attached hydrogens (tertiary/aromatic N) is 1. The lowest BCUT2D eigenvalue weighted by Crippen LogP contribution is -2.36. The average molecular weight is 365 g/mol. The summed E-state index contributed by atoms with van der Waals surface area (Å²) in [6.07, 6.45) is 3.75. The largest absolute Gasteiger partial charge is 0.356 e. The number of benzene rings is 2. The highest BCUT2D eigenvalue weighted by Crippen LogP contribution is 2.31. The molecule has 2 amide bonds. The van der Waals surface area contributed by atoms with Crippen molar-refractivity contribution in [3.63, 3.8) is 0 Å². The number of carbonyl (C=O) groups excluding carboxylic acids is 2. The molecule has 0 aromatic heterocycles. The molecule has 5 nitrogen and oxygen atoms in total. The van der Waals surface area contributed by atoms with E-state index < -0.39 is 0 Å². The van der Waals surface area contributed by atoms with Crippen LogP contribution in [0, 0.1) is 11.8 Å². The zero-order chi connectivity index (χ0) is 18.6. The van der Waals surface area contributed by atoms with Crippen LogP contribution in [0.1, 0.15) is 25.7 Å². The van der Waals surface area contributed by atoms with Gasteiger partial charge >= 0.3 is 0 Å². The number of piperidine rings is 1. The van der Waals surface area contributed by atoms with Crippen LogP contribution in [0.3, 0.4) is 0 Å². The van der Waals surface area contributed by atoms with E-state index in [1.54, 1.807) is 4.90 Å². The summed E-state index contributed by atoms with van der Waals surface area (Å²) in [5, 5.41) is 8.63. The first-order valence-corrected chi connectivity index (χ1v) is 9.99. The normalized spacial score (nSPS) is 23.0. The van der Waals surface area contributed by atoms with E-state index in [1.807, 2.05) is 42.5 Å². The van der Waals surface area contributed by atoms with Crippen LogP contribution in [0.2, 0.25) is 0 Å². The Morgan fingerprint density at radius 1 is 1.19 bits per heavy atom. The van der Waals surface area contributed by atoms with Gasteiger partial charge in [0.25, 0.3) is 0 Å². The first kappa shape index (κ1) is 18.0. The molecule has 2 aromatic carbocycles. The molecule has 2 unspecified atom stereocenters. The third-order valence-electron chi connectivity index (χ3n) is 5.80. The van der Waals surface area contributed by atoms with E-state index in [2.05, 4.69) is 10.6 Å². The van der Waals surface area contributed by atoms with Crippen LogP contribution in [-0.4, -0.2) is 38.0 Å². The van der Waals surface area contributed by atoms with Gasteiger partial charge < -0.3 is 15.5 Å². The minimum absolute atomic E-state index is 0.00913. The summed E-state index contributed by atoms with van der Waals surface area (Å²) in [6.45, 7) is 3.32. The quantitative estimate of drug-likeness (QED) is 0.856. The highest BCUT2D eigenvalue weighted by Gasteiger charge is 2.35. The number of carbonyl (C=O) groups is 2. The number of hydrogen-bond acceptors (Lipinski definition) is 3. The Balaban J connectivity index is 1.37. The second-order valence-corrected chi connectivity index (χ2v) is 7.70. The first-order valence-electron chi connectivity index (χ1n) is 9.99. The van der Waals surface area contributed by atoms with Gasteiger partial charge in [-0.15, -0.1) is 0 Å². The number of nitrogens with one attached hydrogen (secondary N) is 2. The van der Waals surface area contributed by atoms with Crippen molar-refractivity contribution >= 4 is 28.3 Å². The fraction of sp³-hybridized carbons (Fsp3) is 0.455. The van der Waals surface area contributed by atoms with Gasteiger partial charge in [-0.2, -0.15) is 0 Å². The number of hydrogen-bond donors (Lipinski definition) is 2. The van der Waals surface area contributed by atoms with Gasteiger partial charge in [-0.25, -0.2) is 0 Å². The molecule has 4 rings (SSSR count). The van der Waals surface area contributed by atoms with E-state index in [4.69, 9.17) is 0 Å². The molecule has 2 atom stereocenters. The van der Waals surface area contributed by atoms with Crippen molar-refractivity contribution in [2.24, 2.45) is 11.8 Å². The van der Waals surface area contributed by atoms with E-state index >= 15 is 0 Å². The summed E-state index contributed by atoms with van der Waals surface area (Å²) in [7, 11) is 0. The second kappa shape index (κ2) is 8.09. The van der Waals surface area contributed by atoms with Crippen LogP contribution in [0.4, 0.5) is 5.69 Å². The number of fused-ring (bicyclic) bond motifs is 1. The van der Waals surface area contributed by atoms with E-state index in [9.17, 15) is 9.59 Å². The minimum atomic E-state index is -0.263. The molecule has 2 aliphatic heterocycles. The van der Waals surface area contributed by atoms with Gasteiger partial charge in [0.1, 0.15) is 0 Å². The Hall–Kier alpha value is -2.40. The maximum Gasteiger partial charge on any atom is 0.227 e. The van der Waals surface area contributed by atoms with Gasteiger partial charge in [0.2, 0.25) is 11.8 Å². The van der Waals surface area contributed by atoms with Gasteiger partial charge in [0, 0.05) is 24.9 Å². The zero-order valence-corrected chi connectivity index (χ0v) is 15.6. The summed E-state index contributed by atoms with van der Waals surface area (Å²) >= 11 is 0. The summed E-state index contributed by atoms with van der Waals surface area (Å²) in [6, 6.07) is 14.0. The molecular weight excluding hydrogens is 338 g/mol. The molecule has 0 saturated carbocycles. The molecule has 2 fully saturated rings. The van der Waals surface area contributed by atoms with Gasteiger partial charge in [-0.3, -0.25) is 9.59 Å². The molecule has 142 valence electrons. The molecule has 0 radical (unpaired) electrons. The van der Waals surface area contributed by atoms with Crippen molar-refractivity contribution in [2.45, 2.75) is 25.7 Å². The molecule has 0 aliphatic carbocycles. The zero-order valence-electron chi connectivity index (χ0n) is 15.6. The van der Waals surface area contributed by atoms with Crippen molar-refractivity contribution in [1.82, 2.24) is 10.6 Å². The summed E-state index contributed by atoms with van der Waals surface area (Å²) in [5.41, 5.74) is 0.904. The second-order valence-electron chi connectivity index (χ2n) is 7.70. The molecule has 27 heavy (non-hydrogen) atoms. The lowest BCUT2D eigenvalue weighted by Gasteiger charge is -2.23. The maximum atomic E-state index is 12.6. The first-order chi connectivity index (χ1) is 13.2. The van der Waals surface area contributed by atoms with Crippen molar-refractivity contribution in [1.29, 1.82) is 0 Å². The summed E-state index contributed by atoms with van der Waals surface area (Å²) in [5.74, 6) is 0.426. The monoisotopic (exact) mass is 365 g/mol. The molecular formula is C22H27N3O2. The number of anilines is 1. The van der Waals surface area contributed by atoms with Crippen LogP contribution < -0.4 is 15.5 Å². The van der Waals surface area contributed by atoms with Gasteiger partial charge in [-0.05, 0) is 49.7 Å². The number of rotatable bonds is 5. The summed E-state index contributed by atoms with van der Waals surface area (Å²) < 4.78 is 0. The van der Waals surface area contributed by atoms with Crippen LogP contribution in [-0.2, 0) is 9.59 Å². The van der Waals surface area contributed by atoms with Crippen molar-refractivity contribution in [2.75, 3.05) is 31.1 Å². The molecule has 0 bridgehead atoms. The highest BCUT2D eigenvalue weighted by atomic mass is 16.2. The van der Waals surface area contributed by atoms with Gasteiger partial charge in [0.05, 0.1) is 11.6 Å². The van der Waals surface area contributed by atoms with E-state index in [1.165, 1.54) is 12.8 Å². The Labute approximate surface area is 160 Å². The van der Waals surface area contributed by atoms with Gasteiger partial charge in [-0.1, -0.05) is 36.4 Å². The maximum absolute atomic E-state index is 12.6. The van der Waals surface area contributed by atoms with Crippen molar-refractivity contribution < 1.29 is 9.59 Å². The Kier molecular flexibility index (Phi) is 5.39. The van der Waals surface area contributed by atoms with Crippen LogP contribution in [0.5, 0.6) is 0 Å².